The van der Waals surface area contributed by atoms with Gasteiger partial charge in [-0.05, 0) is 19.7 Å². The quantitative estimate of drug-likeness (QED) is 0.438. The van der Waals surface area contributed by atoms with E-state index in [1.807, 2.05) is 0 Å². The molecule has 1 aliphatic heterocycles. The van der Waals surface area contributed by atoms with Crippen LogP contribution in [-0.2, 0) is 4.74 Å². The predicted octanol–water partition coefficient (Wildman–Crippen LogP) is 0.369. The Bertz CT molecular complexity index is 105. The first-order valence-corrected chi connectivity index (χ1v) is 3.23. The maximum Gasteiger partial charge on any atom is 0.189 e. The van der Waals surface area contributed by atoms with Crippen molar-refractivity contribution in [2.75, 3.05) is 6.54 Å². The minimum absolute atomic E-state index is 0.0246. The summed E-state index contributed by atoms with van der Waals surface area (Å²) in [6.07, 6.45) is 1.31. The van der Waals surface area contributed by atoms with Gasteiger partial charge in [0.25, 0.3) is 0 Å². The zero-order chi connectivity index (χ0) is 6.69. The van der Waals surface area contributed by atoms with E-state index in [0.29, 0.717) is 0 Å². The molecule has 0 bridgehead atoms. The molecule has 3 nitrogen and oxygen atoms in total. The summed E-state index contributed by atoms with van der Waals surface area (Å²) in [5.41, 5.74) is 0. The lowest BCUT2D eigenvalue weighted by Crippen LogP contribution is -2.19. The monoisotopic (exact) mass is 128 g/mol. The Morgan fingerprint density at radius 1 is 1.78 bits per heavy atom. The Kier molecular flexibility index (Phi) is 2.19. The molecule has 0 amide bonds. The van der Waals surface area contributed by atoms with Crippen molar-refractivity contribution in [2.24, 2.45) is 4.99 Å². The van der Waals surface area contributed by atoms with Crippen molar-refractivity contribution in [2.45, 2.75) is 25.8 Å². The smallest absolute Gasteiger partial charge is 0.189 e. The molecule has 1 saturated heterocycles. The molecule has 3 heteroatoms. The molecule has 1 aliphatic rings. The van der Waals surface area contributed by atoms with Crippen LogP contribution in [0.2, 0.25) is 0 Å². The molecule has 2 atom stereocenters. The first-order chi connectivity index (χ1) is 4.38. The number of aliphatic imine (C=N–C) groups is 1. The minimum atomic E-state index is 0.0246. The average Bonchev–Trinajstić information content (AvgIpc) is 2.62. The largest absolute Gasteiger partial charge is 0.329 e. The van der Waals surface area contributed by atoms with Crippen LogP contribution in [0.3, 0.4) is 0 Å². The Morgan fingerprint density at radius 3 is 3.00 bits per heavy atom. The van der Waals surface area contributed by atoms with E-state index in [1.165, 1.54) is 0 Å². The Morgan fingerprint density at radius 2 is 2.56 bits per heavy atom. The van der Waals surface area contributed by atoms with Crippen LogP contribution in [0.4, 0.5) is 0 Å². The molecule has 1 heterocycles. The van der Waals surface area contributed by atoms with Gasteiger partial charge in [0, 0.05) is 0 Å². The lowest BCUT2D eigenvalue weighted by atomic mass is 10.5. The second kappa shape index (κ2) is 2.94. The fourth-order valence-corrected chi connectivity index (χ4v) is 0.679. The van der Waals surface area contributed by atoms with E-state index in [0.717, 1.165) is 13.0 Å². The topological polar surface area (TPSA) is 36.9 Å². The van der Waals surface area contributed by atoms with Crippen molar-refractivity contribution in [3.05, 3.63) is 0 Å². The average molecular weight is 128 g/mol. The van der Waals surface area contributed by atoms with Gasteiger partial charge in [-0.1, -0.05) is 6.92 Å². The first-order valence-electron chi connectivity index (χ1n) is 3.23. The summed E-state index contributed by atoms with van der Waals surface area (Å²) in [4.78, 5) is 3.70. The highest BCUT2D eigenvalue weighted by Crippen LogP contribution is 2.18. The highest BCUT2D eigenvalue weighted by atomic mass is 16.6. The van der Waals surface area contributed by atoms with Crippen molar-refractivity contribution in [3.8, 4) is 0 Å². The Balaban J connectivity index is 1.98. The molecule has 9 heavy (non-hydrogen) atoms. The van der Waals surface area contributed by atoms with E-state index in [4.69, 9.17) is 4.74 Å². The first kappa shape index (κ1) is 6.71. The van der Waals surface area contributed by atoms with Crippen LogP contribution >= 0.6 is 0 Å². The molecule has 0 radical (unpaired) electrons. The second-order valence-corrected chi connectivity index (χ2v) is 2.08. The van der Waals surface area contributed by atoms with E-state index in [1.54, 1.807) is 0 Å². The molecule has 0 saturated carbocycles. The van der Waals surface area contributed by atoms with Crippen molar-refractivity contribution < 1.29 is 4.74 Å². The van der Waals surface area contributed by atoms with Crippen LogP contribution < -0.4 is 5.32 Å². The SMILES string of the molecule is C=NC1OC1NCCC. The van der Waals surface area contributed by atoms with E-state index < -0.39 is 0 Å². The summed E-state index contributed by atoms with van der Waals surface area (Å²) in [5.74, 6) is 0. The number of hydrogen-bond donors (Lipinski definition) is 1. The van der Waals surface area contributed by atoms with Crippen LogP contribution in [-0.4, -0.2) is 25.7 Å². The fourth-order valence-electron chi connectivity index (χ4n) is 0.679. The molecule has 1 N–H and O–H groups in total. The normalized spacial score (nSPS) is 32.1. The van der Waals surface area contributed by atoms with Gasteiger partial charge in [-0.15, -0.1) is 0 Å². The maximum atomic E-state index is 5.03. The summed E-state index contributed by atoms with van der Waals surface area (Å²) in [6, 6.07) is 0. The van der Waals surface area contributed by atoms with Crippen molar-refractivity contribution in [1.82, 2.24) is 5.32 Å². The van der Waals surface area contributed by atoms with Gasteiger partial charge in [-0.2, -0.15) is 0 Å². The highest BCUT2D eigenvalue weighted by Gasteiger charge is 2.36. The zero-order valence-corrected chi connectivity index (χ0v) is 5.63. The van der Waals surface area contributed by atoms with Gasteiger partial charge in [-0.3, -0.25) is 10.3 Å². The van der Waals surface area contributed by atoms with Gasteiger partial charge in [0.15, 0.2) is 12.5 Å². The number of ether oxygens (including phenoxy) is 1. The van der Waals surface area contributed by atoms with Gasteiger partial charge >= 0.3 is 0 Å². The minimum Gasteiger partial charge on any atom is -0.329 e. The summed E-state index contributed by atoms with van der Waals surface area (Å²) >= 11 is 0. The number of hydrogen-bond acceptors (Lipinski definition) is 3. The van der Waals surface area contributed by atoms with Crippen LogP contribution in [0.25, 0.3) is 0 Å². The Hall–Kier alpha value is -0.410. The summed E-state index contributed by atoms with van der Waals surface area (Å²) in [5, 5.41) is 3.15. The third-order valence-electron chi connectivity index (χ3n) is 1.24. The summed E-state index contributed by atoms with van der Waals surface area (Å²) < 4.78 is 5.03. The fraction of sp³-hybridized carbons (Fsp3) is 0.833. The zero-order valence-electron chi connectivity index (χ0n) is 5.63. The molecule has 0 aromatic rings. The van der Waals surface area contributed by atoms with E-state index in [2.05, 4.69) is 24.0 Å². The number of nitrogens with one attached hydrogen (secondary N) is 1. The van der Waals surface area contributed by atoms with Gasteiger partial charge < -0.3 is 4.74 Å². The van der Waals surface area contributed by atoms with Crippen molar-refractivity contribution in [1.29, 1.82) is 0 Å². The molecular formula is C6H12N2O. The van der Waals surface area contributed by atoms with Gasteiger partial charge in [0.05, 0.1) is 0 Å². The number of epoxide rings is 1. The second-order valence-electron chi connectivity index (χ2n) is 2.08. The lowest BCUT2D eigenvalue weighted by Gasteiger charge is -1.92. The molecular weight excluding hydrogens is 116 g/mol. The van der Waals surface area contributed by atoms with E-state index in [-0.39, 0.29) is 12.5 Å². The van der Waals surface area contributed by atoms with Gasteiger partial charge in [0.1, 0.15) is 0 Å². The number of nitrogens with zero attached hydrogens (tertiary/aromatic N) is 1. The molecule has 0 aromatic carbocycles. The van der Waals surface area contributed by atoms with Gasteiger partial charge in [-0.25, -0.2) is 0 Å². The summed E-state index contributed by atoms with van der Waals surface area (Å²) in [7, 11) is 0. The maximum absolute atomic E-state index is 5.03. The highest BCUT2D eigenvalue weighted by molar-refractivity contribution is 5.24. The standard InChI is InChI=1S/C6H12N2O/c1-3-4-8-6-5(7-2)9-6/h5-6,8H,2-4H2,1H3. The van der Waals surface area contributed by atoms with Gasteiger partial charge in [0.2, 0.25) is 0 Å². The van der Waals surface area contributed by atoms with Crippen LogP contribution in [0.15, 0.2) is 4.99 Å². The lowest BCUT2D eigenvalue weighted by molar-refractivity contribution is 0.348. The number of rotatable bonds is 4. The third kappa shape index (κ3) is 1.77. The molecule has 0 aromatic heterocycles. The third-order valence-corrected chi connectivity index (χ3v) is 1.24. The molecule has 52 valence electrons. The molecule has 0 spiro atoms. The van der Waals surface area contributed by atoms with Crippen LogP contribution in [0.5, 0.6) is 0 Å². The van der Waals surface area contributed by atoms with Crippen molar-refractivity contribution in [3.63, 3.8) is 0 Å². The summed E-state index contributed by atoms with van der Waals surface area (Å²) in [6.45, 7) is 6.48. The predicted molar refractivity (Wildman–Crippen MR) is 36.5 cm³/mol. The van der Waals surface area contributed by atoms with E-state index in [9.17, 15) is 0 Å². The Labute approximate surface area is 55.1 Å². The molecule has 2 unspecified atom stereocenters. The molecule has 1 fully saturated rings. The van der Waals surface area contributed by atoms with E-state index >= 15 is 0 Å². The van der Waals surface area contributed by atoms with Crippen LogP contribution in [0, 0.1) is 0 Å². The molecule has 1 rings (SSSR count). The molecule has 0 aliphatic carbocycles. The van der Waals surface area contributed by atoms with Crippen molar-refractivity contribution >= 4 is 6.72 Å². The van der Waals surface area contributed by atoms with Crippen LogP contribution in [0.1, 0.15) is 13.3 Å².